The van der Waals surface area contributed by atoms with Gasteiger partial charge in [-0.15, -0.1) is 0 Å². The van der Waals surface area contributed by atoms with Crippen molar-refractivity contribution in [1.82, 2.24) is 4.57 Å². The highest BCUT2D eigenvalue weighted by Gasteiger charge is 2.20. The lowest BCUT2D eigenvalue weighted by Gasteiger charge is -2.18. The number of anilines is 1. The molecule has 0 spiro atoms. The van der Waals surface area contributed by atoms with Crippen molar-refractivity contribution in [1.29, 1.82) is 5.26 Å². The molecule has 1 amide bonds. The SMILES string of the molecule is CCCC(C(=O)Nc1cccc(C#N)c1)n1ccccc1=O. The van der Waals surface area contributed by atoms with Gasteiger partial charge in [0.05, 0.1) is 11.6 Å². The first-order chi connectivity index (χ1) is 10.7. The fourth-order valence-electron chi connectivity index (χ4n) is 2.26. The van der Waals surface area contributed by atoms with Crippen molar-refractivity contribution in [3.05, 3.63) is 64.6 Å². The number of carbonyl (C=O) groups excluding carboxylic acids is 1. The maximum Gasteiger partial charge on any atom is 0.251 e. The largest absolute Gasteiger partial charge is 0.324 e. The Morgan fingerprint density at radius 1 is 1.32 bits per heavy atom. The van der Waals surface area contributed by atoms with E-state index in [0.717, 1.165) is 6.42 Å². The molecule has 0 aliphatic rings. The molecule has 0 saturated carbocycles. The van der Waals surface area contributed by atoms with Crippen LogP contribution in [0.4, 0.5) is 5.69 Å². The average Bonchev–Trinajstić information content (AvgIpc) is 2.53. The number of hydrogen-bond acceptors (Lipinski definition) is 3. The highest BCUT2D eigenvalue weighted by atomic mass is 16.2. The maximum atomic E-state index is 12.5. The Balaban J connectivity index is 2.25. The Bertz CT molecular complexity index is 759. The highest BCUT2D eigenvalue weighted by molar-refractivity contribution is 5.93. The third-order valence-corrected chi connectivity index (χ3v) is 3.31. The van der Waals surface area contributed by atoms with Gasteiger partial charge < -0.3 is 9.88 Å². The van der Waals surface area contributed by atoms with E-state index in [0.29, 0.717) is 17.7 Å². The number of aromatic nitrogens is 1. The van der Waals surface area contributed by atoms with E-state index in [-0.39, 0.29) is 11.5 Å². The smallest absolute Gasteiger partial charge is 0.251 e. The number of benzene rings is 1. The van der Waals surface area contributed by atoms with Gasteiger partial charge in [-0.05, 0) is 30.7 Å². The van der Waals surface area contributed by atoms with Crippen LogP contribution >= 0.6 is 0 Å². The van der Waals surface area contributed by atoms with Gasteiger partial charge >= 0.3 is 0 Å². The van der Waals surface area contributed by atoms with Gasteiger partial charge in [0.25, 0.3) is 5.56 Å². The zero-order chi connectivity index (χ0) is 15.9. The molecule has 0 radical (unpaired) electrons. The molecule has 5 heteroatoms. The van der Waals surface area contributed by atoms with Crippen molar-refractivity contribution in [3.8, 4) is 6.07 Å². The second-order valence-corrected chi connectivity index (χ2v) is 4.93. The molecule has 0 fully saturated rings. The van der Waals surface area contributed by atoms with Crippen LogP contribution in [0.15, 0.2) is 53.5 Å². The number of nitrogens with zero attached hydrogens (tertiary/aromatic N) is 2. The van der Waals surface area contributed by atoms with Crippen molar-refractivity contribution in [2.45, 2.75) is 25.8 Å². The lowest BCUT2D eigenvalue weighted by atomic mass is 10.1. The topological polar surface area (TPSA) is 74.9 Å². The molecule has 5 nitrogen and oxygen atoms in total. The van der Waals surface area contributed by atoms with Gasteiger partial charge in [-0.2, -0.15) is 5.26 Å². The molecular formula is C17H17N3O2. The van der Waals surface area contributed by atoms with E-state index in [1.54, 1.807) is 42.6 Å². The molecule has 1 N–H and O–H groups in total. The average molecular weight is 295 g/mol. The van der Waals surface area contributed by atoms with Crippen molar-refractivity contribution >= 4 is 11.6 Å². The fourth-order valence-corrected chi connectivity index (χ4v) is 2.26. The zero-order valence-electron chi connectivity index (χ0n) is 12.3. The van der Waals surface area contributed by atoms with E-state index in [1.165, 1.54) is 10.6 Å². The van der Waals surface area contributed by atoms with Crippen LogP contribution in [0.1, 0.15) is 31.4 Å². The van der Waals surface area contributed by atoms with Crippen LogP contribution in [0, 0.1) is 11.3 Å². The second kappa shape index (κ2) is 7.23. The van der Waals surface area contributed by atoms with Gasteiger partial charge in [0, 0.05) is 18.0 Å². The van der Waals surface area contributed by atoms with Crippen LogP contribution in [0.2, 0.25) is 0 Å². The summed E-state index contributed by atoms with van der Waals surface area (Å²) in [5.41, 5.74) is 0.817. The predicted octanol–water partition coefficient (Wildman–Crippen LogP) is 2.70. The first kappa shape index (κ1) is 15.5. The van der Waals surface area contributed by atoms with Gasteiger partial charge in [0.2, 0.25) is 5.91 Å². The summed E-state index contributed by atoms with van der Waals surface area (Å²) in [6, 6.07) is 13.0. The van der Waals surface area contributed by atoms with Crippen LogP contribution in [-0.2, 0) is 4.79 Å². The van der Waals surface area contributed by atoms with Crippen LogP contribution in [0.3, 0.4) is 0 Å². The number of pyridine rings is 1. The summed E-state index contributed by atoms with van der Waals surface area (Å²) in [7, 11) is 0. The number of amides is 1. The van der Waals surface area contributed by atoms with Crippen LogP contribution in [0.25, 0.3) is 0 Å². The quantitative estimate of drug-likeness (QED) is 0.921. The minimum Gasteiger partial charge on any atom is -0.324 e. The van der Waals surface area contributed by atoms with E-state index >= 15 is 0 Å². The Morgan fingerprint density at radius 2 is 2.14 bits per heavy atom. The number of nitrogens with one attached hydrogen (secondary N) is 1. The number of hydrogen-bond donors (Lipinski definition) is 1. The molecule has 0 aliphatic carbocycles. The highest BCUT2D eigenvalue weighted by Crippen LogP contribution is 2.16. The third-order valence-electron chi connectivity index (χ3n) is 3.31. The van der Waals surface area contributed by atoms with Gasteiger partial charge in [-0.1, -0.05) is 25.5 Å². The van der Waals surface area contributed by atoms with Crippen LogP contribution in [0.5, 0.6) is 0 Å². The lowest BCUT2D eigenvalue weighted by molar-refractivity contribution is -0.119. The molecule has 2 rings (SSSR count). The maximum absolute atomic E-state index is 12.5. The second-order valence-electron chi connectivity index (χ2n) is 4.93. The summed E-state index contributed by atoms with van der Waals surface area (Å²) in [6.45, 7) is 1.96. The Hall–Kier alpha value is -2.87. The molecule has 112 valence electrons. The van der Waals surface area contributed by atoms with Gasteiger partial charge in [-0.3, -0.25) is 9.59 Å². The van der Waals surface area contributed by atoms with Crippen LogP contribution in [-0.4, -0.2) is 10.5 Å². The molecule has 1 unspecified atom stereocenters. The van der Waals surface area contributed by atoms with Crippen LogP contribution < -0.4 is 10.9 Å². The van der Waals surface area contributed by atoms with E-state index in [1.807, 2.05) is 13.0 Å². The summed E-state index contributed by atoms with van der Waals surface area (Å²) in [6.07, 6.45) is 2.96. The first-order valence-electron chi connectivity index (χ1n) is 7.14. The minimum atomic E-state index is -0.565. The molecule has 1 atom stereocenters. The number of rotatable bonds is 5. The molecule has 2 aromatic rings. The first-order valence-corrected chi connectivity index (χ1v) is 7.14. The monoisotopic (exact) mass is 295 g/mol. The van der Waals surface area contributed by atoms with Gasteiger partial charge in [0.1, 0.15) is 6.04 Å². The van der Waals surface area contributed by atoms with Gasteiger partial charge in [-0.25, -0.2) is 0 Å². The summed E-state index contributed by atoms with van der Waals surface area (Å²) in [4.78, 5) is 24.4. The van der Waals surface area contributed by atoms with E-state index in [2.05, 4.69) is 5.32 Å². The van der Waals surface area contributed by atoms with E-state index in [9.17, 15) is 9.59 Å². The normalized spacial score (nSPS) is 11.5. The zero-order valence-corrected chi connectivity index (χ0v) is 12.3. The molecule has 0 saturated heterocycles. The van der Waals surface area contributed by atoms with Crippen molar-refractivity contribution in [3.63, 3.8) is 0 Å². The molecule has 1 aromatic carbocycles. The van der Waals surface area contributed by atoms with Gasteiger partial charge in [0.15, 0.2) is 0 Å². The molecule has 1 heterocycles. The molecular weight excluding hydrogens is 278 g/mol. The van der Waals surface area contributed by atoms with Crippen molar-refractivity contribution < 1.29 is 4.79 Å². The molecule has 22 heavy (non-hydrogen) atoms. The summed E-state index contributed by atoms with van der Waals surface area (Å²) in [5, 5.41) is 11.7. The Morgan fingerprint density at radius 3 is 2.82 bits per heavy atom. The number of carbonyl (C=O) groups is 1. The summed E-state index contributed by atoms with van der Waals surface area (Å²) in [5.74, 6) is -0.259. The standard InChI is InChI=1S/C17H17N3O2/c1-2-6-15(20-10-4-3-9-16(20)21)17(22)19-14-8-5-7-13(11-14)12-18/h3-5,7-11,15H,2,6H2,1H3,(H,19,22). The van der Waals surface area contributed by atoms with Crippen molar-refractivity contribution in [2.75, 3.05) is 5.32 Å². The predicted molar refractivity (Wildman–Crippen MR) is 84.4 cm³/mol. The lowest BCUT2D eigenvalue weighted by Crippen LogP contribution is -2.32. The summed E-state index contributed by atoms with van der Waals surface area (Å²) < 4.78 is 1.44. The van der Waals surface area contributed by atoms with E-state index < -0.39 is 6.04 Å². The number of nitriles is 1. The molecule has 1 aromatic heterocycles. The minimum absolute atomic E-state index is 0.207. The molecule has 0 aliphatic heterocycles. The third kappa shape index (κ3) is 3.61. The van der Waals surface area contributed by atoms with Crippen molar-refractivity contribution in [2.24, 2.45) is 0 Å². The Kier molecular flexibility index (Phi) is 5.10. The summed E-state index contributed by atoms with van der Waals surface area (Å²) >= 11 is 0. The molecule has 0 bridgehead atoms. The Labute approximate surface area is 128 Å². The fraction of sp³-hybridized carbons (Fsp3) is 0.235. The van der Waals surface area contributed by atoms with E-state index in [4.69, 9.17) is 5.26 Å².